The predicted molar refractivity (Wildman–Crippen MR) is 123 cm³/mol. The monoisotopic (exact) mass is 462 g/mol. The van der Waals surface area contributed by atoms with E-state index in [2.05, 4.69) is 5.32 Å². The van der Waals surface area contributed by atoms with E-state index in [-0.39, 0.29) is 31.0 Å². The number of hydrogen-bond donors (Lipinski definition) is 1. The highest BCUT2D eigenvalue weighted by molar-refractivity contribution is 6.36. The van der Waals surface area contributed by atoms with Crippen LogP contribution in [0.1, 0.15) is 44.6 Å². The summed E-state index contributed by atoms with van der Waals surface area (Å²) in [7, 11) is 0. The molecule has 2 aromatic rings. The van der Waals surface area contributed by atoms with Crippen molar-refractivity contribution in [2.24, 2.45) is 0 Å². The van der Waals surface area contributed by atoms with E-state index in [4.69, 9.17) is 27.9 Å². The fourth-order valence-corrected chi connectivity index (χ4v) is 4.27. The van der Waals surface area contributed by atoms with E-state index in [1.165, 1.54) is 11.3 Å². The van der Waals surface area contributed by atoms with Gasteiger partial charge in [-0.1, -0.05) is 66.7 Å². The van der Waals surface area contributed by atoms with E-state index in [1.54, 1.807) is 37.3 Å². The van der Waals surface area contributed by atoms with E-state index < -0.39 is 6.04 Å². The van der Waals surface area contributed by atoms with Crippen LogP contribution >= 0.6 is 23.2 Å². The molecular formula is C24H28Cl2N2O3. The van der Waals surface area contributed by atoms with Crippen molar-refractivity contribution >= 4 is 35.0 Å². The minimum Gasteiger partial charge on any atom is -0.484 e. The van der Waals surface area contributed by atoms with Gasteiger partial charge in [0.15, 0.2) is 6.61 Å². The maximum absolute atomic E-state index is 13.1. The number of halogens is 2. The van der Waals surface area contributed by atoms with Gasteiger partial charge in [-0.25, -0.2) is 0 Å². The van der Waals surface area contributed by atoms with Crippen molar-refractivity contribution in [3.05, 3.63) is 64.1 Å². The van der Waals surface area contributed by atoms with Gasteiger partial charge in [0.1, 0.15) is 11.8 Å². The highest BCUT2D eigenvalue weighted by Gasteiger charge is 2.29. The molecule has 1 aliphatic rings. The third-order valence-electron chi connectivity index (χ3n) is 5.61. The first-order chi connectivity index (χ1) is 15.0. The fraction of sp³-hybridized carbons (Fsp3) is 0.417. The van der Waals surface area contributed by atoms with Gasteiger partial charge in [-0.2, -0.15) is 0 Å². The van der Waals surface area contributed by atoms with Crippen LogP contribution in [0.3, 0.4) is 0 Å². The van der Waals surface area contributed by atoms with Crippen LogP contribution in [0.25, 0.3) is 0 Å². The molecule has 1 fully saturated rings. The summed E-state index contributed by atoms with van der Waals surface area (Å²) in [5.74, 6) is 0.0974. The smallest absolute Gasteiger partial charge is 0.261 e. The third-order valence-corrected chi connectivity index (χ3v) is 6.32. The lowest BCUT2D eigenvalue weighted by Crippen LogP contribution is -2.51. The van der Waals surface area contributed by atoms with Crippen LogP contribution in [0.15, 0.2) is 48.5 Å². The number of nitrogens with one attached hydrogen (secondary N) is 1. The van der Waals surface area contributed by atoms with Crippen molar-refractivity contribution < 1.29 is 14.3 Å². The number of carbonyl (C=O) groups excluding carboxylic acids is 2. The Hall–Kier alpha value is -2.24. The molecule has 0 aromatic heterocycles. The van der Waals surface area contributed by atoms with Gasteiger partial charge in [0.05, 0.1) is 0 Å². The van der Waals surface area contributed by atoms with Gasteiger partial charge < -0.3 is 15.0 Å². The zero-order valence-corrected chi connectivity index (χ0v) is 19.2. The van der Waals surface area contributed by atoms with Crippen LogP contribution in [-0.2, 0) is 16.1 Å². The normalized spacial score (nSPS) is 15.2. The molecule has 1 saturated carbocycles. The molecule has 0 aliphatic heterocycles. The summed E-state index contributed by atoms with van der Waals surface area (Å²) in [6, 6.07) is 13.8. The third kappa shape index (κ3) is 6.62. The van der Waals surface area contributed by atoms with Gasteiger partial charge in [-0.15, -0.1) is 0 Å². The van der Waals surface area contributed by atoms with Gasteiger partial charge in [0.25, 0.3) is 5.91 Å². The van der Waals surface area contributed by atoms with E-state index in [9.17, 15) is 9.59 Å². The molecule has 3 rings (SSSR count). The second-order valence-electron chi connectivity index (χ2n) is 7.84. The minimum atomic E-state index is -0.693. The Kier molecular flexibility index (Phi) is 8.61. The second-order valence-corrected chi connectivity index (χ2v) is 8.66. The van der Waals surface area contributed by atoms with Crippen molar-refractivity contribution in [3.8, 4) is 5.75 Å². The molecule has 31 heavy (non-hydrogen) atoms. The first-order valence-electron chi connectivity index (χ1n) is 10.7. The molecule has 7 heteroatoms. The standard InChI is InChI=1S/C24H28Cl2N2O3/c1-17(24(30)27-18-9-4-2-5-10-18)28(15-20-21(25)13-8-14-22(20)26)23(29)16-31-19-11-6-3-7-12-19/h3,6-8,11-14,17-18H,2,4-5,9-10,15-16H2,1H3,(H,27,30). The molecule has 1 N–H and O–H groups in total. The number of amides is 2. The average molecular weight is 463 g/mol. The Morgan fingerprint density at radius 3 is 2.32 bits per heavy atom. The SMILES string of the molecule is CC(C(=O)NC1CCCCC1)N(Cc1c(Cl)cccc1Cl)C(=O)COc1ccccc1. The van der Waals surface area contributed by atoms with Crippen molar-refractivity contribution in [2.75, 3.05) is 6.61 Å². The molecule has 0 spiro atoms. The molecule has 0 radical (unpaired) electrons. The molecule has 0 bridgehead atoms. The molecule has 1 atom stereocenters. The van der Waals surface area contributed by atoms with Gasteiger partial charge in [-0.05, 0) is 44.0 Å². The van der Waals surface area contributed by atoms with Crippen LogP contribution in [0.4, 0.5) is 0 Å². The molecule has 0 saturated heterocycles. The summed E-state index contributed by atoms with van der Waals surface area (Å²) in [5.41, 5.74) is 0.608. The lowest BCUT2D eigenvalue weighted by atomic mass is 9.95. The van der Waals surface area contributed by atoms with Gasteiger partial charge in [0, 0.05) is 28.2 Å². The highest BCUT2D eigenvalue weighted by atomic mass is 35.5. The second kappa shape index (κ2) is 11.4. The van der Waals surface area contributed by atoms with Crippen molar-refractivity contribution in [2.45, 2.75) is 57.7 Å². The number of hydrogen-bond acceptors (Lipinski definition) is 3. The first kappa shape index (κ1) is 23.4. The quantitative estimate of drug-likeness (QED) is 0.583. The van der Waals surface area contributed by atoms with E-state index >= 15 is 0 Å². The zero-order valence-electron chi connectivity index (χ0n) is 17.7. The van der Waals surface area contributed by atoms with Gasteiger partial charge in [-0.3, -0.25) is 9.59 Å². The van der Waals surface area contributed by atoms with E-state index in [0.717, 1.165) is 25.7 Å². The Morgan fingerprint density at radius 1 is 1.03 bits per heavy atom. The summed E-state index contributed by atoms with van der Waals surface area (Å²) >= 11 is 12.7. The van der Waals surface area contributed by atoms with Gasteiger partial charge in [0.2, 0.25) is 5.91 Å². The summed E-state index contributed by atoms with van der Waals surface area (Å²) in [4.78, 5) is 27.6. The Bertz CT molecular complexity index is 865. The number of carbonyl (C=O) groups is 2. The summed E-state index contributed by atoms with van der Waals surface area (Å²) in [5, 5.41) is 4.01. The largest absolute Gasteiger partial charge is 0.484 e. The molecule has 2 amide bonds. The van der Waals surface area contributed by atoms with Crippen LogP contribution < -0.4 is 10.1 Å². The predicted octanol–water partition coefficient (Wildman–Crippen LogP) is 5.24. The first-order valence-corrected chi connectivity index (χ1v) is 11.4. The van der Waals surface area contributed by atoms with Crippen LogP contribution in [0.5, 0.6) is 5.75 Å². The molecular weight excluding hydrogens is 435 g/mol. The number of ether oxygens (including phenoxy) is 1. The molecule has 1 aliphatic carbocycles. The maximum atomic E-state index is 13.1. The molecule has 5 nitrogen and oxygen atoms in total. The summed E-state index contributed by atoms with van der Waals surface area (Å²) < 4.78 is 5.64. The minimum absolute atomic E-state index is 0.120. The molecule has 1 unspecified atom stereocenters. The van der Waals surface area contributed by atoms with Crippen molar-refractivity contribution in [1.82, 2.24) is 10.2 Å². The molecule has 2 aromatic carbocycles. The Morgan fingerprint density at radius 2 is 1.68 bits per heavy atom. The Balaban J connectivity index is 1.75. The topological polar surface area (TPSA) is 58.6 Å². The fourth-order valence-electron chi connectivity index (χ4n) is 3.75. The number of nitrogens with zero attached hydrogens (tertiary/aromatic N) is 1. The van der Waals surface area contributed by atoms with Crippen LogP contribution in [0, 0.1) is 0 Å². The number of benzene rings is 2. The highest BCUT2D eigenvalue weighted by Crippen LogP contribution is 2.27. The lowest BCUT2D eigenvalue weighted by Gasteiger charge is -2.31. The molecule has 0 heterocycles. The Labute approximate surface area is 193 Å². The van der Waals surface area contributed by atoms with Gasteiger partial charge >= 0.3 is 0 Å². The van der Waals surface area contributed by atoms with Crippen molar-refractivity contribution in [3.63, 3.8) is 0 Å². The van der Waals surface area contributed by atoms with Crippen LogP contribution in [-0.4, -0.2) is 35.4 Å². The summed E-state index contributed by atoms with van der Waals surface area (Å²) in [6.45, 7) is 1.66. The zero-order chi connectivity index (χ0) is 22.2. The average Bonchev–Trinajstić information content (AvgIpc) is 2.78. The number of para-hydroxylation sites is 1. The van der Waals surface area contributed by atoms with E-state index in [1.807, 2.05) is 18.2 Å². The lowest BCUT2D eigenvalue weighted by molar-refractivity contribution is -0.142. The summed E-state index contributed by atoms with van der Waals surface area (Å²) in [6.07, 6.45) is 5.37. The molecule has 166 valence electrons. The van der Waals surface area contributed by atoms with Crippen LogP contribution in [0.2, 0.25) is 10.0 Å². The maximum Gasteiger partial charge on any atom is 0.261 e. The number of rotatable bonds is 8. The van der Waals surface area contributed by atoms with E-state index in [0.29, 0.717) is 21.4 Å². The van der Waals surface area contributed by atoms with Crippen molar-refractivity contribution in [1.29, 1.82) is 0 Å².